The molecule has 0 amide bonds. The second-order valence-electron chi connectivity index (χ2n) is 4.29. The van der Waals surface area contributed by atoms with E-state index in [4.69, 9.17) is 29.6 Å². The molecule has 0 heterocycles. The molecule has 0 atom stereocenters. The van der Waals surface area contributed by atoms with Crippen molar-refractivity contribution in [1.82, 2.24) is 0 Å². The highest BCUT2D eigenvalue weighted by Gasteiger charge is 2.14. The molecule has 0 saturated carbocycles. The van der Waals surface area contributed by atoms with Crippen LogP contribution >= 0.6 is 23.8 Å². The molecule has 0 bridgehead atoms. The van der Waals surface area contributed by atoms with Crippen LogP contribution in [-0.4, -0.2) is 16.6 Å². The average molecular weight is 307 g/mol. The zero-order valence-electron chi connectivity index (χ0n) is 11.0. The van der Waals surface area contributed by atoms with E-state index in [1.165, 1.54) is 0 Å². The number of phenolic OH excluding ortho intramolecular Hbond substituents is 1. The van der Waals surface area contributed by atoms with E-state index in [9.17, 15) is 5.11 Å². The van der Waals surface area contributed by atoms with Gasteiger partial charge in [0.2, 0.25) is 0 Å². The van der Waals surface area contributed by atoms with E-state index in [2.05, 4.69) is 0 Å². The minimum atomic E-state index is 0.215. The summed E-state index contributed by atoms with van der Waals surface area (Å²) >= 11 is 11.1. The normalized spacial score (nSPS) is 10.3. The van der Waals surface area contributed by atoms with E-state index in [-0.39, 0.29) is 5.75 Å². The third-order valence-corrected chi connectivity index (χ3v) is 3.43. The van der Waals surface area contributed by atoms with Gasteiger partial charge in [0.05, 0.1) is 5.69 Å². The van der Waals surface area contributed by atoms with Crippen LogP contribution in [-0.2, 0) is 0 Å². The third kappa shape index (κ3) is 3.03. The van der Waals surface area contributed by atoms with Crippen LogP contribution in [0.2, 0.25) is 5.02 Å². The van der Waals surface area contributed by atoms with Crippen LogP contribution in [0.3, 0.4) is 0 Å². The van der Waals surface area contributed by atoms with E-state index in [1.807, 2.05) is 24.0 Å². The van der Waals surface area contributed by atoms with Crippen LogP contribution in [0.4, 0.5) is 11.4 Å². The number of hydrogen-bond donors (Lipinski definition) is 2. The van der Waals surface area contributed by atoms with Crippen LogP contribution in [0.1, 0.15) is 12.5 Å². The molecule has 2 aromatic rings. The fourth-order valence-electron chi connectivity index (χ4n) is 2.09. The molecule has 0 radical (unpaired) electrons. The van der Waals surface area contributed by atoms with E-state index >= 15 is 0 Å². The summed E-state index contributed by atoms with van der Waals surface area (Å²) < 4.78 is 0. The number of rotatable bonds is 4. The summed E-state index contributed by atoms with van der Waals surface area (Å²) in [5.41, 5.74) is 8.24. The van der Waals surface area contributed by atoms with Crippen molar-refractivity contribution < 1.29 is 5.11 Å². The predicted molar refractivity (Wildman–Crippen MR) is 88.1 cm³/mol. The van der Waals surface area contributed by atoms with Crippen LogP contribution in [0.5, 0.6) is 5.75 Å². The SMILES string of the molecule is CCN(c1cccc(O)c1)c1ccc(Cl)cc1C(N)=S. The van der Waals surface area contributed by atoms with Crippen molar-refractivity contribution in [3.8, 4) is 5.75 Å². The highest BCUT2D eigenvalue weighted by Crippen LogP contribution is 2.31. The molecule has 0 aliphatic heterocycles. The Morgan fingerprint density at radius 3 is 2.65 bits per heavy atom. The smallest absolute Gasteiger partial charge is 0.117 e. The fourth-order valence-corrected chi connectivity index (χ4v) is 2.43. The minimum Gasteiger partial charge on any atom is -0.508 e. The number of nitrogens with two attached hydrogens (primary N) is 1. The summed E-state index contributed by atoms with van der Waals surface area (Å²) in [6.45, 7) is 2.72. The lowest BCUT2D eigenvalue weighted by molar-refractivity contribution is 0.475. The monoisotopic (exact) mass is 306 g/mol. The van der Waals surface area contributed by atoms with Gasteiger partial charge in [0.1, 0.15) is 10.7 Å². The Labute approximate surface area is 128 Å². The van der Waals surface area contributed by atoms with Crippen molar-refractivity contribution in [3.63, 3.8) is 0 Å². The summed E-state index contributed by atoms with van der Waals surface area (Å²) in [5.74, 6) is 0.215. The Kier molecular flexibility index (Phi) is 4.47. The van der Waals surface area contributed by atoms with Gasteiger partial charge >= 0.3 is 0 Å². The molecular formula is C15H15ClN2OS. The van der Waals surface area contributed by atoms with Gasteiger partial charge in [-0.2, -0.15) is 0 Å². The molecule has 0 aliphatic rings. The maximum Gasteiger partial charge on any atom is 0.117 e. The van der Waals surface area contributed by atoms with Gasteiger partial charge in [0.15, 0.2) is 0 Å². The van der Waals surface area contributed by atoms with Crippen molar-refractivity contribution in [2.75, 3.05) is 11.4 Å². The summed E-state index contributed by atoms with van der Waals surface area (Å²) in [5, 5.41) is 10.2. The molecule has 104 valence electrons. The molecule has 0 spiro atoms. The van der Waals surface area contributed by atoms with Gasteiger partial charge < -0.3 is 15.7 Å². The van der Waals surface area contributed by atoms with Crippen molar-refractivity contribution in [2.24, 2.45) is 5.73 Å². The van der Waals surface area contributed by atoms with Gasteiger partial charge in [-0.05, 0) is 37.3 Å². The number of benzene rings is 2. The Morgan fingerprint density at radius 2 is 2.05 bits per heavy atom. The molecule has 0 saturated heterocycles. The van der Waals surface area contributed by atoms with Crippen molar-refractivity contribution in [3.05, 3.63) is 53.1 Å². The predicted octanol–water partition coefficient (Wildman–Crippen LogP) is 3.84. The molecule has 3 N–H and O–H groups in total. The van der Waals surface area contributed by atoms with Gasteiger partial charge in [-0.15, -0.1) is 0 Å². The van der Waals surface area contributed by atoms with Gasteiger partial charge in [-0.25, -0.2) is 0 Å². The Balaban J connectivity index is 2.55. The minimum absolute atomic E-state index is 0.215. The summed E-state index contributed by atoms with van der Waals surface area (Å²) in [6.07, 6.45) is 0. The van der Waals surface area contributed by atoms with E-state index < -0.39 is 0 Å². The van der Waals surface area contributed by atoms with Crippen LogP contribution in [0, 0.1) is 0 Å². The Bertz CT molecular complexity index is 646. The second-order valence-corrected chi connectivity index (χ2v) is 5.17. The molecule has 5 heteroatoms. The Morgan fingerprint density at radius 1 is 1.30 bits per heavy atom. The number of aromatic hydroxyl groups is 1. The van der Waals surface area contributed by atoms with Gasteiger partial charge in [0.25, 0.3) is 0 Å². The molecule has 0 aliphatic carbocycles. The van der Waals surface area contributed by atoms with Gasteiger partial charge in [-0.3, -0.25) is 0 Å². The summed E-state index contributed by atoms with van der Waals surface area (Å²) in [4.78, 5) is 2.31. The summed E-state index contributed by atoms with van der Waals surface area (Å²) in [7, 11) is 0. The van der Waals surface area contributed by atoms with Crippen LogP contribution in [0.25, 0.3) is 0 Å². The van der Waals surface area contributed by atoms with Crippen molar-refractivity contribution in [2.45, 2.75) is 6.92 Å². The molecular weight excluding hydrogens is 292 g/mol. The summed E-state index contributed by atoms with van der Waals surface area (Å²) in [6, 6.07) is 12.5. The standard InChI is InChI=1S/C15H15ClN2OS/c1-2-18(11-4-3-5-12(19)9-11)14-7-6-10(16)8-13(14)15(17)20/h3-9,19H,2H2,1H3,(H2,17,20). The Hall–Kier alpha value is -1.78. The zero-order chi connectivity index (χ0) is 14.7. The maximum absolute atomic E-state index is 9.63. The maximum atomic E-state index is 9.63. The number of anilines is 2. The molecule has 2 rings (SSSR count). The first kappa shape index (κ1) is 14.6. The zero-order valence-corrected chi connectivity index (χ0v) is 12.6. The molecule has 0 unspecified atom stereocenters. The number of halogens is 1. The number of thiocarbonyl (C=S) groups is 1. The molecule has 0 aromatic heterocycles. The quantitative estimate of drug-likeness (QED) is 0.843. The average Bonchev–Trinajstić information content (AvgIpc) is 2.41. The van der Waals surface area contributed by atoms with Gasteiger partial charge in [0, 0.05) is 28.9 Å². The van der Waals surface area contributed by atoms with Crippen molar-refractivity contribution >= 4 is 40.2 Å². The van der Waals surface area contributed by atoms with Crippen LogP contribution < -0.4 is 10.6 Å². The van der Waals surface area contributed by atoms with E-state index in [1.54, 1.807) is 30.3 Å². The number of nitrogens with zero attached hydrogens (tertiary/aromatic N) is 1. The van der Waals surface area contributed by atoms with Gasteiger partial charge in [-0.1, -0.05) is 29.9 Å². The number of phenols is 1. The fraction of sp³-hybridized carbons (Fsp3) is 0.133. The highest BCUT2D eigenvalue weighted by atomic mass is 35.5. The van der Waals surface area contributed by atoms with Crippen LogP contribution in [0.15, 0.2) is 42.5 Å². The largest absolute Gasteiger partial charge is 0.508 e. The lowest BCUT2D eigenvalue weighted by Crippen LogP contribution is -2.21. The third-order valence-electron chi connectivity index (χ3n) is 2.97. The molecule has 2 aromatic carbocycles. The number of hydrogen-bond acceptors (Lipinski definition) is 3. The first-order chi connectivity index (χ1) is 9.52. The topological polar surface area (TPSA) is 49.5 Å². The first-order valence-electron chi connectivity index (χ1n) is 6.19. The highest BCUT2D eigenvalue weighted by molar-refractivity contribution is 7.80. The second kappa shape index (κ2) is 6.11. The lowest BCUT2D eigenvalue weighted by Gasteiger charge is -2.26. The van der Waals surface area contributed by atoms with Crippen molar-refractivity contribution in [1.29, 1.82) is 0 Å². The lowest BCUT2D eigenvalue weighted by atomic mass is 10.1. The molecule has 20 heavy (non-hydrogen) atoms. The molecule has 3 nitrogen and oxygen atoms in total. The van der Waals surface area contributed by atoms with E-state index in [0.29, 0.717) is 16.6 Å². The first-order valence-corrected chi connectivity index (χ1v) is 6.97. The van der Waals surface area contributed by atoms with E-state index in [0.717, 1.165) is 16.9 Å². The molecule has 0 fully saturated rings.